The summed E-state index contributed by atoms with van der Waals surface area (Å²) in [5.41, 5.74) is 4.58. The summed E-state index contributed by atoms with van der Waals surface area (Å²) in [6.45, 7) is 2.08. The Morgan fingerprint density at radius 2 is 2.06 bits per heavy atom. The molecule has 0 bridgehead atoms. The Labute approximate surface area is 105 Å². The molecule has 3 heteroatoms. The van der Waals surface area contributed by atoms with Crippen LogP contribution in [0.25, 0.3) is 22.0 Å². The number of nitrogens with zero attached hydrogens (tertiary/aromatic N) is 1. The molecular weight excluding hydrogens is 224 g/mol. The molecule has 0 saturated heterocycles. The third-order valence-electron chi connectivity index (χ3n) is 3.26. The zero-order valence-electron chi connectivity index (χ0n) is 10.4. The van der Waals surface area contributed by atoms with Crippen molar-refractivity contribution in [2.45, 2.75) is 6.92 Å². The molecule has 3 aromatic rings. The third kappa shape index (κ3) is 1.64. The topological polar surface area (TPSA) is 37.9 Å². The lowest BCUT2D eigenvalue weighted by Crippen LogP contribution is -1.90. The molecule has 0 unspecified atom stereocenters. The van der Waals surface area contributed by atoms with Crippen molar-refractivity contribution in [1.29, 1.82) is 0 Å². The Bertz CT molecular complexity index is 701. The molecule has 1 aromatic heterocycles. The van der Waals surface area contributed by atoms with E-state index >= 15 is 0 Å². The molecule has 0 amide bonds. The van der Waals surface area contributed by atoms with E-state index in [0.29, 0.717) is 0 Å². The number of fused-ring (bicyclic) bond motifs is 1. The Morgan fingerprint density at radius 1 is 1.17 bits per heavy atom. The largest absolute Gasteiger partial charge is 0.496 e. The second-order valence-corrected chi connectivity index (χ2v) is 4.30. The van der Waals surface area contributed by atoms with Gasteiger partial charge >= 0.3 is 0 Å². The van der Waals surface area contributed by atoms with Crippen molar-refractivity contribution in [1.82, 2.24) is 10.2 Å². The first kappa shape index (κ1) is 10.8. The van der Waals surface area contributed by atoms with Crippen LogP contribution in [0, 0.1) is 6.92 Å². The Kier molecular flexibility index (Phi) is 2.52. The fourth-order valence-corrected chi connectivity index (χ4v) is 2.26. The van der Waals surface area contributed by atoms with Gasteiger partial charge in [-0.05, 0) is 41.8 Å². The molecule has 0 atom stereocenters. The molecule has 3 nitrogen and oxygen atoms in total. The summed E-state index contributed by atoms with van der Waals surface area (Å²) >= 11 is 0. The van der Waals surface area contributed by atoms with Gasteiger partial charge < -0.3 is 4.74 Å². The van der Waals surface area contributed by atoms with E-state index in [1.165, 1.54) is 11.1 Å². The molecule has 0 aliphatic rings. The van der Waals surface area contributed by atoms with Crippen molar-refractivity contribution in [3.8, 4) is 16.9 Å². The quantitative estimate of drug-likeness (QED) is 0.741. The van der Waals surface area contributed by atoms with Crippen molar-refractivity contribution >= 4 is 10.9 Å². The molecule has 0 aliphatic heterocycles. The number of ether oxygens (including phenoxy) is 1. The van der Waals surface area contributed by atoms with E-state index in [4.69, 9.17) is 4.74 Å². The zero-order chi connectivity index (χ0) is 12.5. The lowest BCUT2D eigenvalue weighted by Gasteiger charge is -2.10. The van der Waals surface area contributed by atoms with E-state index in [2.05, 4.69) is 41.4 Å². The fraction of sp³-hybridized carbons (Fsp3) is 0.133. The lowest BCUT2D eigenvalue weighted by atomic mass is 9.99. The molecule has 0 fully saturated rings. The second-order valence-electron chi connectivity index (χ2n) is 4.30. The monoisotopic (exact) mass is 238 g/mol. The van der Waals surface area contributed by atoms with Crippen LogP contribution in [0.2, 0.25) is 0 Å². The SMILES string of the molecule is COc1cccc(-c2ccc3[nH]ncc3c2)c1C. The minimum atomic E-state index is 0.916. The molecule has 18 heavy (non-hydrogen) atoms. The van der Waals surface area contributed by atoms with E-state index < -0.39 is 0 Å². The van der Waals surface area contributed by atoms with Crippen molar-refractivity contribution in [2.75, 3.05) is 7.11 Å². The summed E-state index contributed by atoms with van der Waals surface area (Å²) in [6, 6.07) is 12.4. The molecule has 1 N–H and O–H groups in total. The first-order valence-electron chi connectivity index (χ1n) is 5.86. The van der Waals surface area contributed by atoms with Gasteiger partial charge in [-0.1, -0.05) is 18.2 Å². The number of aromatic amines is 1. The molecular formula is C15H14N2O. The van der Waals surface area contributed by atoms with E-state index in [-0.39, 0.29) is 0 Å². The van der Waals surface area contributed by atoms with Gasteiger partial charge in [0, 0.05) is 5.39 Å². The number of rotatable bonds is 2. The van der Waals surface area contributed by atoms with Crippen molar-refractivity contribution in [3.05, 3.63) is 48.2 Å². The van der Waals surface area contributed by atoms with Crippen LogP contribution in [0.15, 0.2) is 42.6 Å². The summed E-state index contributed by atoms with van der Waals surface area (Å²) in [7, 11) is 1.70. The Morgan fingerprint density at radius 3 is 2.89 bits per heavy atom. The lowest BCUT2D eigenvalue weighted by molar-refractivity contribution is 0.412. The van der Waals surface area contributed by atoms with Gasteiger partial charge in [-0.3, -0.25) is 5.10 Å². The van der Waals surface area contributed by atoms with Crippen LogP contribution in [0.3, 0.4) is 0 Å². The van der Waals surface area contributed by atoms with Crippen LogP contribution in [-0.2, 0) is 0 Å². The first-order valence-corrected chi connectivity index (χ1v) is 5.86. The summed E-state index contributed by atoms with van der Waals surface area (Å²) in [6.07, 6.45) is 1.84. The van der Waals surface area contributed by atoms with Crippen LogP contribution in [-0.4, -0.2) is 17.3 Å². The number of aromatic nitrogens is 2. The highest BCUT2D eigenvalue weighted by Gasteiger charge is 2.07. The Balaban J connectivity index is 2.19. The van der Waals surface area contributed by atoms with Crippen LogP contribution in [0.5, 0.6) is 5.75 Å². The van der Waals surface area contributed by atoms with E-state index in [0.717, 1.165) is 22.2 Å². The van der Waals surface area contributed by atoms with Gasteiger partial charge in [0.2, 0.25) is 0 Å². The Hall–Kier alpha value is -2.29. The van der Waals surface area contributed by atoms with Crippen LogP contribution < -0.4 is 4.74 Å². The molecule has 0 radical (unpaired) electrons. The van der Waals surface area contributed by atoms with Crippen molar-refractivity contribution < 1.29 is 4.74 Å². The first-order chi connectivity index (χ1) is 8.79. The normalized spacial score (nSPS) is 10.8. The number of nitrogens with one attached hydrogen (secondary N) is 1. The minimum absolute atomic E-state index is 0.916. The van der Waals surface area contributed by atoms with Crippen molar-refractivity contribution in [3.63, 3.8) is 0 Å². The maximum absolute atomic E-state index is 5.36. The highest BCUT2D eigenvalue weighted by atomic mass is 16.5. The predicted octanol–water partition coefficient (Wildman–Crippen LogP) is 3.55. The molecule has 90 valence electrons. The fourth-order valence-electron chi connectivity index (χ4n) is 2.26. The summed E-state index contributed by atoms with van der Waals surface area (Å²) in [4.78, 5) is 0. The summed E-state index contributed by atoms with van der Waals surface area (Å²) in [5.74, 6) is 0.916. The van der Waals surface area contributed by atoms with Crippen LogP contribution >= 0.6 is 0 Å². The molecule has 3 rings (SSSR count). The van der Waals surface area contributed by atoms with Crippen molar-refractivity contribution in [2.24, 2.45) is 0 Å². The predicted molar refractivity (Wildman–Crippen MR) is 72.8 cm³/mol. The highest BCUT2D eigenvalue weighted by molar-refractivity contribution is 5.85. The highest BCUT2D eigenvalue weighted by Crippen LogP contribution is 2.31. The molecule has 0 aliphatic carbocycles. The molecule has 0 saturated carbocycles. The third-order valence-corrected chi connectivity index (χ3v) is 3.26. The van der Waals surface area contributed by atoms with Gasteiger partial charge in [-0.15, -0.1) is 0 Å². The number of methoxy groups -OCH3 is 1. The molecule has 0 spiro atoms. The van der Waals surface area contributed by atoms with Gasteiger partial charge in [-0.25, -0.2) is 0 Å². The average Bonchev–Trinajstić information content (AvgIpc) is 2.86. The van der Waals surface area contributed by atoms with Gasteiger partial charge in [0.05, 0.1) is 18.8 Å². The van der Waals surface area contributed by atoms with E-state index in [1.54, 1.807) is 7.11 Å². The molecule has 1 heterocycles. The van der Waals surface area contributed by atoms with E-state index in [1.807, 2.05) is 18.3 Å². The number of benzene rings is 2. The van der Waals surface area contributed by atoms with Gasteiger partial charge in [0.25, 0.3) is 0 Å². The summed E-state index contributed by atoms with van der Waals surface area (Å²) < 4.78 is 5.36. The van der Waals surface area contributed by atoms with Crippen LogP contribution in [0.4, 0.5) is 0 Å². The van der Waals surface area contributed by atoms with Gasteiger partial charge in [-0.2, -0.15) is 5.10 Å². The summed E-state index contributed by atoms with van der Waals surface area (Å²) in [5, 5.41) is 8.12. The standard InChI is InChI=1S/C15H14N2O/c1-10-13(4-3-5-15(10)18-2)11-6-7-14-12(8-11)9-16-17-14/h3-9H,1-2H3,(H,16,17). The number of hydrogen-bond donors (Lipinski definition) is 1. The van der Waals surface area contributed by atoms with E-state index in [9.17, 15) is 0 Å². The second kappa shape index (κ2) is 4.18. The zero-order valence-corrected chi connectivity index (χ0v) is 10.4. The maximum Gasteiger partial charge on any atom is 0.122 e. The smallest absolute Gasteiger partial charge is 0.122 e. The number of H-pyrrole nitrogens is 1. The van der Waals surface area contributed by atoms with Crippen LogP contribution in [0.1, 0.15) is 5.56 Å². The molecule has 2 aromatic carbocycles. The maximum atomic E-state index is 5.36. The minimum Gasteiger partial charge on any atom is -0.496 e. The average molecular weight is 238 g/mol. The number of hydrogen-bond acceptors (Lipinski definition) is 2. The van der Waals surface area contributed by atoms with Gasteiger partial charge in [0.1, 0.15) is 5.75 Å². The van der Waals surface area contributed by atoms with Gasteiger partial charge in [0.15, 0.2) is 0 Å².